The highest BCUT2D eigenvalue weighted by molar-refractivity contribution is 5.93. The second-order valence-electron chi connectivity index (χ2n) is 6.83. The summed E-state index contributed by atoms with van der Waals surface area (Å²) in [4.78, 5) is 4.47. The van der Waals surface area contributed by atoms with Crippen LogP contribution in [-0.2, 0) is 0 Å². The molecule has 0 fully saturated rings. The Morgan fingerprint density at radius 3 is 2.17 bits per heavy atom. The van der Waals surface area contributed by atoms with Crippen molar-refractivity contribution in [1.29, 1.82) is 0 Å². The molecule has 3 heteroatoms. The van der Waals surface area contributed by atoms with E-state index >= 15 is 0 Å². The Morgan fingerprint density at radius 1 is 0.655 bits per heavy atom. The van der Waals surface area contributed by atoms with Crippen LogP contribution in [0.5, 0.6) is 0 Å². The van der Waals surface area contributed by atoms with Gasteiger partial charge >= 0.3 is 0 Å². The van der Waals surface area contributed by atoms with E-state index in [4.69, 9.17) is 5.10 Å². The van der Waals surface area contributed by atoms with Crippen LogP contribution in [0, 0.1) is 0 Å². The first-order valence-corrected chi connectivity index (χ1v) is 9.61. The van der Waals surface area contributed by atoms with Gasteiger partial charge in [0, 0.05) is 17.8 Å². The highest BCUT2D eigenvalue weighted by Crippen LogP contribution is 2.27. The molecule has 0 saturated heterocycles. The highest BCUT2D eigenvalue weighted by atomic mass is 15.3. The Bertz CT molecular complexity index is 1270. The number of para-hydroxylation sites is 1. The van der Waals surface area contributed by atoms with E-state index in [9.17, 15) is 0 Å². The van der Waals surface area contributed by atoms with Gasteiger partial charge in [-0.2, -0.15) is 5.10 Å². The number of pyridine rings is 1. The molecule has 0 radical (unpaired) electrons. The van der Waals surface area contributed by atoms with Crippen molar-refractivity contribution in [3.05, 3.63) is 109 Å². The molecule has 0 aliphatic rings. The molecule has 0 N–H and O–H groups in total. The van der Waals surface area contributed by atoms with Crippen LogP contribution < -0.4 is 0 Å². The van der Waals surface area contributed by atoms with Crippen LogP contribution >= 0.6 is 0 Å². The summed E-state index contributed by atoms with van der Waals surface area (Å²) in [5.41, 5.74) is 6.40. The van der Waals surface area contributed by atoms with Gasteiger partial charge in [0.05, 0.1) is 11.2 Å². The van der Waals surface area contributed by atoms with Gasteiger partial charge in [-0.05, 0) is 41.0 Å². The highest BCUT2D eigenvalue weighted by Gasteiger charge is 2.11. The lowest BCUT2D eigenvalue weighted by molar-refractivity contribution is 0.969. The maximum atomic E-state index is 4.81. The van der Waals surface area contributed by atoms with Gasteiger partial charge in [-0.3, -0.25) is 4.98 Å². The zero-order chi connectivity index (χ0) is 19.5. The van der Waals surface area contributed by atoms with E-state index in [2.05, 4.69) is 71.7 Å². The number of benzene rings is 3. The van der Waals surface area contributed by atoms with Crippen molar-refractivity contribution in [2.24, 2.45) is 0 Å². The van der Waals surface area contributed by atoms with Crippen LogP contribution in [0.3, 0.4) is 0 Å². The fourth-order valence-electron chi connectivity index (χ4n) is 3.47. The molecule has 29 heavy (non-hydrogen) atoms. The first-order valence-electron chi connectivity index (χ1n) is 9.61. The molecule has 2 heterocycles. The summed E-state index contributed by atoms with van der Waals surface area (Å²) in [7, 11) is 0. The van der Waals surface area contributed by atoms with E-state index in [-0.39, 0.29) is 0 Å². The number of hydrogen-bond donors (Lipinski definition) is 0. The molecule has 0 atom stereocenters. The molecule has 0 aliphatic heterocycles. The van der Waals surface area contributed by atoms with Crippen molar-refractivity contribution >= 4 is 23.2 Å². The Kier molecular flexibility index (Phi) is 4.47. The topological polar surface area (TPSA) is 30.7 Å². The first-order chi connectivity index (χ1) is 14.4. The molecule has 0 saturated carbocycles. The number of aromatic nitrogens is 3. The minimum absolute atomic E-state index is 0.878. The third-order valence-corrected chi connectivity index (χ3v) is 4.95. The molecule has 0 bridgehead atoms. The van der Waals surface area contributed by atoms with Crippen LogP contribution in [0.4, 0.5) is 0 Å². The van der Waals surface area contributed by atoms with E-state index < -0.39 is 0 Å². The minimum atomic E-state index is 0.878. The van der Waals surface area contributed by atoms with Gasteiger partial charge in [0.2, 0.25) is 0 Å². The smallest absolute Gasteiger partial charge is 0.119 e. The summed E-state index contributed by atoms with van der Waals surface area (Å²) in [6.45, 7) is 0. The van der Waals surface area contributed by atoms with Crippen molar-refractivity contribution in [3.8, 4) is 22.5 Å². The van der Waals surface area contributed by atoms with Crippen LogP contribution in [0.15, 0.2) is 103 Å². The van der Waals surface area contributed by atoms with E-state index in [1.165, 1.54) is 11.1 Å². The van der Waals surface area contributed by atoms with Gasteiger partial charge in [-0.25, -0.2) is 4.68 Å². The molecule has 0 spiro atoms. The lowest BCUT2D eigenvalue weighted by atomic mass is 10.0. The minimum Gasteiger partial charge on any atom is -0.255 e. The van der Waals surface area contributed by atoms with E-state index in [1.807, 2.05) is 47.3 Å². The quantitative estimate of drug-likeness (QED) is 0.365. The van der Waals surface area contributed by atoms with Crippen molar-refractivity contribution in [2.75, 3.05) is 0 Å². The van der Waals surface area contributed by atoms with Crippen molar-refractivity contribution in [1.82, 2.24) is 14.8 Å². The molecular weight excluding hydrogens is 354 g/mol. The van der Waals surface area contributed by atoms with Crippen LogP contribution in [0.25, 0.3) is 45.7 Å². The lowest BCUT2D eigenvalue weighted by Crippen LogP contribution is -1.89. The second kappa shape index (κ2) is 7.56. The number of nitrogens with zero attached hydrogens (tertiary/aromatic N) is 3. The Hall–Kier alpha value is -3.98. The average Bonchev–Trinajstić information content (AvgIpc) is 3.18. The third kappa shape index (κ3) is 3.46. The van der Waals surface area contributed by atoms with Gasteiger partial charge in [-0.15, -0.1) is 0 Å². The Morgan fingerprint density at radius 2 is 1.38 bits per heavy atom. The van der Waals surface area contributed by atoms with Gasteiger partial charge < -0.3 is 0 Å². The molecular formula is C26H19N3. The Balaban J connectivity index is 1.48. The first kappa shape index (κ1) is 17.1. The SMILES string of the molecule is C(=Cn1nc(-c2ccccn2)c2ccccc21)c1ccc(-c2ccccc2)cc1. The fourth-order valence-corrected chi connectivity index (χ4v) is 3.47. The molecule has 0 amide bonds. The number of rotatable bonds is 4. The summed E-state index contributed by atoms with van der Waals surface area (Å²) in [6, 6.07) is 33.1. The van der Waals surface area contributed by atoms with Gasteiger partial charge in [0.1, 0.15) is 5.69 Å². The van der Waals surface area contributed by atoms with E-state index in [1.54, 1.807) is 6.20 Å². The largest absolute Gasteiger partial charge is 0.255 e. The number of fused-ring (bicyclic) bond motifs is 1. The monoisotopic (exact) mass is 373 g/mol. The average molecular weight is 373 g/mol. The van der Waals surface area contributed by atoms with E-state index in [0.29, 0.717) is 0 Å². The predicted octanol–water partition coefficient (Wildman–Crippen LogP) is 6.39. The predicted molar refractivity (Wildman–Crippen MR) is 120 cm³/mol. The molecule has 5 aromatic rings. The van der Waals surface area contributed by atoms with Gasteiger partial charge in [0.25, 0.3) is 0 Å². The molecule has 2 aromatic heterocycles. The third-order valence-electron chi connectivity index (χ3n) is 4.95. The standard InChI is InChI=1S/C26H19N3/c1-2-8-21(9-3-1)22-15-13-20(14-16-22)17-19-29-25-12-5-4-10-23(25)26(28-29)24-11-6-7-18-27-24/h1-19H. The van der Waals surface area contributed by atoms with Crippen molar-refractivity contribution < 1.29 is 0 Å². The van der Waals surface area contributed by atoms with Crippen molar-refractivity contribution in [3.63, 3.8) is 0 Å². The summed E-state index contributed by atoms with van der Waals surface area (Å²) >= 11 is 0. The molecule has 0 aliphatic carbocycles. The molecule has 0 unspecified atom stereocenters. The van der Waals surface area contributed by atoms with Crippen LogP contribution in [0.2, 0.25) is 0 Å². The number of hydrogen-bond acceptors (Lipinski definition) is 2. The van der Waals surface area contributed by atoms with Crippen molar-refractivity contribution in [2.45, 2.75) is 0 Å². The zero-order valence-electron chi connectivity index (χ0n) is 15.8. The lowest BCUT2D eigenvalue weighted by Gasteiger charge is -2.02. The molecule has 3 aromatic carbocycles. The van der Waals surface area contributed by atoms with E-state index in [0.717, 1.165) is 27.9 Å². The Labute approximate surface area is 169 Å². The zero-order valence-corrected chi connectivity index (χ0v) is 15.8. The maximum absolute atomic E-state index is 4.81. The maximum Gasteiger partial charge on any atom is 0.119 e. The van der Waals surface area contributed by atoms with Gasteiger partial charge in [-0.1, -0.05) is 78.9 Å². The van der Waals surface area contributed by atoms with Crippen LogP contribution in [-0.4, -0.2) is 14.8 Å². The fraction of sp³-hybridized carbons (Fsp3) is 0. The molecule has 5 rings (SSSR count). The molecule has 138 valence electrons. The van der Waals surface area contributed by atoms with Crippen LogP contribution in [0.1, 0.15) is 5.56 Å². The normalized spacial score (nSPS) is 11.3. The summed E-state index contributed by atoms with van der Waals surface area (Å²) in [6.07, 6.45) is 5.88. The summed E-state index contributed by atoms with van der Waals surface area (Å²) < 4.78 is 1.92. The molecule has 3 nitrogen and oxygen atoms in total. The second-order valence-corrected chi connectivity index (χ2v) is 6.83. The summed E-state index contributed by atoms with van der Waals surface area (Å²) in [5.74, 6) is 0. The summed E-state index contributed by atoms with van der Waals surface area (Å²) in [5, 5.41) is 5.90. The van der Waals surface area contributed by atoms with Gasteiger partial charge in [0.15, 0.2) is 0 Å².